The zero-order chi connectivity index (χ0) is 25.6. The van der Waals surface area contributed by atoms with Gasteiger partial charge in [-0.05, 0) is 74.5 Å². The molecule has 5 heteroatoms. The van der Waals surface area contributed by atoms with Crippen molar-refractivity contribution in [2.45, 2.75) is 84.7 Å². The average Bonchev–Trinajstić information content (AvgIpc) is 3.63. The Labute approximate surface area is 210 Å². The third-order valence-electron chi connectivity index (χ3n) is 6.41. The molecule has 5 nitrogen and oxygen atoms in total. The number of benzene rings is 2. The molecule has 2 aromatic carbocycles. The Bertz CT molecular complexity index is 986. The quantitative estimate of drug-likeness (QED) is 0.262. The molecule has 2 atom stereocenters. The van der Waals surface area contributed by atoms with Gasteiger partial charge in [0, 0.05) is 0 Å². The van der Waals surface area contributed by atoms with E-state index < -0.39 is 23.5 Å². The first-order valence-electron chi connectivity index (χ1n) is 12.7. The Hall–Kier alpha value is -2.82. The van der Waals surface area contributed by atoms with Crippen molar-refractivity contribution in [3.05, 3.63) is 65.2 Å². The van der Waals surface area contributed by atoms with Crippen LogP contribution in [0.25, 0.3) is 0 Å². The van der Waals surface area contributed by atoms with Gasteiger partial charge in [-0.1, -0.05) is 69.3 Å². The number of esters is 2. The van der Waals surface area contributed by atoms with Crippen LogP contribution in [-0.4, -0.2) is 24.3 Å². The third-order valence-corrected chi connectivity index (χ3v) is 6.41. The molecule has 0 saturated heterocycles. The van der Waals surface area contributed by atoms with Gasteiger partial charge < -0.3 is 14.2 Å². The molecular formula is C30H40O5. The fraction of sp³-hybridized carbons (Fsp3) is 0.533. The van der Waals surface area contributed by atoms with Crippen LogP contribution < -0.4 is 4.74 Å². The minimum Gasteiger partial charge on any atom is -0.460 e. The van der Waals surface area contributed by atoms with E-state index in [9.17, 15) is 9.59 Å². The second-order valence-electron chi connectivity index (χ2n) is 10.9. The standard InChI is InChI=1S/C30H40O5/c1-20(2)25-13-10-14-26(21(3)23-15-16-23)28(25)33-19-34-29(32)24(17-22-11-8-7-9-12-22)18-27(31)35-30(4,5)6/h7-14,20-21,23-24H,15-19H2,1-6H3/t21-,24-/m1/s1. The zero-order valence-corrected chi connectivity index (χ0v) is 22.0. The average molecular weight is 481 g/mol. The number of ether oxygens (including phenoxy) is 3. The van der Waals surface area contributed by atoms with E-state index in [0.29, 0.717) is 18.3 Å². The Morgan fingerprint density at radius 1 is 0.943 bits per heavy atom. The summed E-state index contributed by atoms with van der Waals surface area (Å²) in [7, 11) is 0. The first-order valence-corrected chi connectivity index (χ1v) is 12.7. The molecule has 3 rings (SSSR count). The fourth-order valence-electron chi connectivity index (χ4n) is 4.39. The van der Waals surface area contributed by atoms with Crippen molar-refractivity contribution in [3.63, 3.8) is 0 Å². The van der Waals surface area contributed by atoms with E-state index in [2.05, 4.69) is 39.0 Å². The molecule has 0 spiro atoms. The van der Waals surface area contributed by atoms with Gasteiger partial charge in [0.25, 0.3) is 0 Å². The molecule has 1 aliphatic rings. The van der Waals surface area contributed by atoms with Gasteiger partial charge in [0.2, 0.25) is 6.79 Å². The van der Waals surface area contributed by atoms with Crippen LogP contribution in [0.3, 0.4) is 0 Å². The minimum absolute atomic E-state index is 0.0441. The predicted octanol–water partition coefficient (Wildman–Crippen LogP) is 6.79. The van der Waals surface area contributed by atoms with Crippen LogP contribution in [0.2, 0.25) is 0 Å². The molecule has 0 radical (unpaired) electrons. The highest BCUT2D eigenvalue weighted by Gasteiger charge is 2.32. The van der Waals surface area contributed by atoms with E-state index >= 15 is 0 Å². The topological polar surface area (TPSA) is 61.8 Å². The van der Waals surface area contributed by atoms with E-state index in [1.807, 2.05) is 51.1 Å². The summed E-state index contributed by atoms with van der Waals surface area (Å²) in [6, 6.07) is 15.9. The number of carbonyl (C=O) groups is 2. The first kappa shape index (κ1) is 26.8. The lowest BCUT2D eigenvalue weighted by atomic mass is 9.90. The Morgan fingerprint density at radius 2 is 1.60 bits per heavy atom. The van der Waals surface area contributed by atoms with Crippen LogP contribution in [0.1, 0.15) is 89.3 Å². The van der Waals surface area contributed by atoms with Gasteiger partial charge in [-0.15, -0.1) is 0 Å². The normalized spacial score (nSPS) is 15.4. The molecule has 0 heterocycles. The van der Waals surface area contributed by atoms with Crippen LogP contribution in [0, 0.1) is 11.8 Å². The summed E-state index contributed by atoms with van der Waals surface area (Å²) < 4.78 is 17.2. The molecular weight excluding hydrogens is 440 g/mol. The van der Waals surface area contributed by atoms with Gasteiger partial charge in [0.1, 0.15) is 11.4 Å². The van der Waals surface area contributed by atoms with Crippen LogP contribution in [-0.2, 0) is 25.5 Å². The fourth-order valence-corrected chi connectivity index (χ4v) is 4.39. The van der Waals surface area contributed by atoms with Crippen molar-refractivity contribution in [2.24, 2.45) is 11.8 Å². The molecule has 35 heavy (non-hydrogen) atoms. The minimum atomic E-state index is -0.652. The highest BCUT2D eigenvalue weighted by Crippen LogP contribution is 2.46. The van der Waals surface area contributed by atoms with Gasteiger partial charge >= 0.3 is 11.9 Å². The third kappa shape index (κ3) is 8.12. The molecule has 1 fully saturated rings. The molecule has 2 aromatic rings. The van der Waals surface area contributed by atoms with Crippen LogP contribution in [0.4, 0.5) is 0 Å². The zero-order valence-electron chi connectivity index (χ0n) is 22.0. The van der Waals surface area contributed by atoms with Crippen molar-refractivity contribution in [1.82, 2.24) is 0 Å². The van der Waals surface area contributed by atoms with E-state index in [4.69, 9.17) is 14.2 Å². The van der Waals surface area contributed by atoms with Crippen molar-refractivity contribution in [2.75, 3.05) is 6.79 Å². The molecule has 1 aliphatic carbocycles. The van der Waals surface area contributed by atoms with E-state index in [1.54, 1.807) is 0 Å². The number of rotatable bonds is 11. The second kappa shape index (κ2) is 11.7. The lowest BCUT2D eigenvalue weighted by Gasteiger charge is -2.23. The molecule has 0 amide bonds. The highest BCUT2D eigenvalue weighted by atomic mass is 16.7. The van der Waals surface area contributed by atoms with E-state index in [-0.39, 0.29) is 19.1 Å². The second-order valence-corrected chi connectivity index (χ2v) is 10.9. The van der Waals surface area contributed by atoms with Gasteiger partial charge in [-0.25, -0.2) is 0 Å². The summed E-state index contributed by atoms with van der Waals surface area (Å²) in [6.07, 6.45) is 2.84. The molecule has 0 aromatic heterocycles. The first-order chi connectivity index (χ1) is 16.5. The lowest BCUT2D eigenvalue weighted by molar-refractivity contribution is -0.164. The summed E-state index contributed by atoms with van der Waals surface area (Å²) in [5.74, 6) is 0.664. The van der Waals surface area contributed by atoms with Crippen molar-refractivity contribution < 1.29 is 23.8 Å². The summed E-state index contributed by atoms with van der Waals surface area (Å²) in [5, 5.41) is 0. The van der Waals surface area contributed by atoms with Gasteiger partial charge in [0.15, 0.2) is 0 Å². The summed E-state index contributed by atoms with van der Waals surface area (Å²) in [5.41, 5.74) is 2.63. The van der Waals surface area contributed by atoms with Crippen LogP contribution in [0.5, 0.6) is 5.75 Å². The van der Waals surface area contributed by atoms with Crippen molar-refractivity contribution >= 4 is 11.9 Å². The van der Waals surface area contributed by atoms with Crippen LogP contribution in [0.15, 0.2) is 48.5 Å². The SMILES string of the molecule is CC(C)c1cccc([C@H](C)C2CC2)c1OCOC(=O)[C@@H](CC(=O)OC(C)(C)C)Cc1ccccc1. The Kier molecular flexibility index (Phi) is 8.98. The Morgan fingerprint density at radius 3 is 2.20 bits per heavy atom. The molecule has 1 saturated carbocycles. The maximum absolute atomic E-state index is 13.1. The maximum atomic E-state index is 13.1. The smallest absolute Gasteiger partial charge is 0.312 e. The monoisotopic (exact) mass is 480 g/mol. The highest BCUT2D eigenvalue weighted by molar-refractivity contribution is 5.80. The summed E-state index contributed by atoms with van der Waals surface area (Å²) in [6.45, 7) is 11.8. The van der Waals surface area contributed by atoms with Gasteiger partial charge in [-0.3, -0.25) is 9.59 Å². The van der Waals surface area contributed by atoms with E-state index in [0.717, 1.165) is 16.9 Å². The largest absolute Gasteiger partial charge is 0.460 e. The van der Waals surface area contributed by atoms with Gasteiger partial charge in [-0.2, -0.15) is 0 Å². The summed E-state index contributed by atoms with van der Waals surface area (Å²) >= 11 is 0. The number of hydrogen-bond donors (Lipinski definition) is 0. The molecule has 190 valence electrons. The number of para-hydroxylation sites is 1. The predicted molar refractivity (Wildman–Crippen MR) is 137 cm³/mol. The molecule has 0 unspecified atom stereocenters. The van der Waals surface area contributed by atoms with Crippen LogP contribution >= 0.6 is 0 Å². The molecule has 0 aliphatic heterocycles. The molecule has 0 N–H and O–H groups in total. The number of carbonyl (C=O) groups excluding carboxylic acids is 2. The van der Waals surface area contributed by atoms with Crippen molar-refractivity contribution in [1.29, 1.82) is 0 Å². The molecule has 0 bridgehead atoms. The van der Waals surface area contributed by atoms with Gasteiger partial charge in [0.05, 0.1) is 12.3 Å². The lowest BCUT2D eigenvalue weighted by Crippen LogP contribution is -2.29. The summed E-state index contributed by atoms with van der Waals surface area (Å²) in [4.78, 5) is 25.6. The Balaban J connectivity index is 1.70. The van der Waals surface area contributed by atoms with Crippen molar-refractivity contribution in [3.8, 4) is 5.75 Å². The number of hydrogen-bond acceptors (Lipinski definition) is 5. The van der Waals surface area contributed by atoms with E-state index in [1.165, 1.54) is 18.4 Å². The maximum Gasteiger partial charge on any atom is 0.312 e.